The molecule has 7 heteroatoms. The van der Waals surface area contributed by atoms with E-state index in [0.29, 0.717) is 17.0 Å². The maximum Gasteiger partial charge on any atom is 0.282 e. The van der Waals surface area contributed by atoms with Crippen LogP contribution in [-0.2, 0) is 9.59 Å². The number of carbonyl (C=O) groups is 2. The molecule has 2 amide bonds. The van der Waals surface area contributed by atoms with Gasteiger partial charge in [-0.25, -0.2) is 4.90 Å². The monoisotopic (exact) mass is 447 g/mol. The number of ether oxygens (including phenoxy) is 1. The van der Waals surface area contributed by atoms with Gasteiger partial charge in [-0.1, -0.05) is 6.07 Å². The molecular weight excluding hydrogens is 422 g/mol. The van der Waals surface area contributed by atoms with Crippen LogP contribution in [0.3, 0.4) is 0 Å². The molecule has 1 N–H and O–H groups in total. The van der Waals surface area contributed by atoms with Gasteiger partial charge in [-0.3, -0.25) is 9.59 Å². The van der Waals surface area contributed by atoms with Crippen molar-refractivity contribution in [1.82, 2.24) is 0 Å². The molecule has 0 saturated carbocycles. The summed E-state index contributed by atoms with van der Waals surface area (Å²) >= 11 is 1.43. The molecule has 0 radical (unpaired) electrons. The number of benzene rings is 2. The Balaban J connectivity index is 1.68. The maximum absolute atomic E-state index is 13.4. The summed E-state index contributed by atoms with van der Waals surface area (Å²) < 4.78 is 5.68. The van der Waals surface area contributed by atoms with Gasteiger partial charge < -0.3 is 15.0 Å². The molecule has 32 heavy (non-hydrogen) atoms. The lowest BCUT2D eigenvalue weighted by atomic mass is 10.1. The molecular formula is C25H25N3O3S. The van der Waals surface area contributed by atoms with Crippen LogP contribution in [0.2, 0.25) is 0 Å². The molecule has 4 rings (SSSR count). The largest absolute Gasteiger partial charge is 0.491 e. The van der Waals surface area contributed by atoms with Crippen LogP contribution in [0.5, 0.6) is 5.75 Å². The number of amides is 2. The number of nitrogens with one attached hydrogen (secondary N) is 1. The van der Waals surface area contributed by atoms with E-state index in [2.05, 4.69) is 5.32 Å². The van der Waals surface area contributed by atoms with Crippen molar-refractivity contribution in [2.75, 3.05) is 29.2 Å². The zero-order valence-electron chi connectivity index (χ0n) is 18.5. The number of hydrogen-bond acceptors (Lipinski definition) is 6. The van der Waals surface area contributed by atoms with E-state index in [1.807, 2.05) is 74.6 Å². The zero-order chi connectivity index (χ0) is 22.8. The second-order valence-corrected chi connectivity index (χ2v) is 8.85. The third-order valence-electron chi connectivity index (χ3n) is 4.97. The van der Waals surface area contributed by atoms with Crippen molar-refractivity contribution in [3.8, 4) is 5.75 Å². The standard InChI is InChI=1S/C25H25N3O3S/c1-16(2)31-20-13-11-19(12-14-20)28-24(29)22(21-6-5-15-32-21)23(25(28)30)26-17-7-9-18(10-8-17)27(3)4/h5-16,26H,1-4H3. The molecule has 0 saturated heterocycles. The summed E-state index contributed by atoms with van der Waals surface area (Å²) in [5.74, 6) is -0.0383. The molecule has 6 nitrogen and oxygen atoms in total. The van der Waals surface area contributed by atoms with Gasteiger partial charge >= 0.3 is 0 Å². The van der Waals surface area contributed by atoms with Gasteiger partial charge in [-0.05, 0) is 73.8 Å². The molecule has 3 aromatic rings. The molecule has 0 fully saturated rings. The van der Waals surface area contributed by atoms with Gasteiger partial charge in [-0.2, -0.15) is 0 Å². The minimum absolute atomic E-state index is 0.0395. The Hall–Kier alpha value is -3.58. The fourth-order valence-corrected chi connectivity index (χ4v) is 4.23. The van der Waals surface area contributed by atoms with Gasteiger partial charge in [0.1, 0.15) is 11.4 Å². The molecule has 2 heterocycles. The van der Waals surface area contributed by atoms with Crippen LogP contribution in [0.1, 0.15) is 18.7 Å². The fourth-order valence-electron chi connectivity index (χ4n) is 3.46. The lowest BCUT2D eigenvalue weighted by Gasteiger charge is -2.17. The van der Waals surface area contributed by atoms with E-state index < -0.39 is 0 Å². The first-order chi connectivity index (χ1) is 15.3. The number of rotatable bonds is 7. The molecule has 164 valence electrons. The summed E-state index contributed by atoms with van der Waals surface area (Å²) in [6.45, 7) is 3.89. The van der Waals surface area contributed by atoms with Gasteiger partial charge in [0.25, 0.3) is 11.8 Å². The predicted molar refractivity (Wildman–Crippen MR) is 130 cm³/mol. The molecule has 1 aliphatic rings. The third-order valence-corrected chi connectivity index (χ3v) is 5.86. The number of thiophene rings is 1. The van der Waals surface area contributed by atoms with E-state index >= 15 is 0 Å². The Labute approximate surface area is 191 Å². The summed E-state index contributed by atoms with van der Waals surface area (Å²) in [6.07, 6.45) is 0.0395. The smallest absolute Gasteiger partial charge is 0.282 e. The highest BCUT2D eigenvalue weighted by Crippen LogP contribution is 2.36. The van der Waals surface area contributed by atoms with Crippen LogP contribution < -0.4 is 19.9 Å². The summed E-state index contributed by atoms with van der Waals surface area (Å²) in [5.41, 5.74) is 2.94. The fraction of sp³-hybridized carbons (Fsp3) is 0.200. The molecule has 0 unspecified atom stereocenters. The Morgan fingerprint density at radius 1 is 0.938 bits per heavy atom. The highest BCUT2D eigenvalue weighted by atomic mass is 32.1. The molecule has 1 aliphatic heterocycles. The van der Waals surface area contributed by atoms with Crippen LogP contribution in [-0.4, -0.2) is 32.0 Å². The molecule has 0 bridgehead atoms. The Bertz CT molecular complexity index is 1150. The van der Waals surface area contributed by atoms with Crippen molar-refractivity contribution in [2.45, 2.75) is 20.0 Å². The first kappa shape index (κ1) is 21.6. The van der Waals surface area contributed by atoms with Gasteiger partial charge in [0.15, 0.2) is 0 Å². The van der Waals surface area contributed by atoms with E-state index in [0.717, 1.165) is 16.3 Å². The molecule has 2 aromatic carbocycles. The van der Waals surface area contributed by atoms with Crippen LogP contribution in [0.4, 0.5) is 17.1 Å². The average molecular weight is 448 g/mol. The highest BCUT2D eigenvalue weighted by Gasteiger charge is 2.40. The number of hydrogen-bond donors (Lipinski definition) is 1. The van der Waals surface area contributed by atoms with Gasteiger partial charge in [0.05, 0.1) is 17.4 Å². The van der Waals surface area contributed by atoms with Crippen LogP contribution in [0.15, 0.2) is 71.7 Å². The Morgan fingerprint density at radius 3 is 2.19 bits per heavy atom. The van der Waals surface area contributed by atoms with Gasteiger partial charge in [-0.15, -0.1) is 11.3 Å². The lowest BCUT2D eigenvalue weighted by Crippen LogP contribution is -2.32. The summed E-state index contributed by atoms with van der Waals surface area (Å²) in [7, 11) is 3.93. The second-order valence-electron chi connectivity index (χ2n) is 7.90. The van der Waals surface area contributed by atoms with Crippen LogP contribution >= 0.6 is 11.3 Å². The van der Waals surface area contributed by atoms with Crippen molar-refractivity contribution in [2.24, 2.45) is 0 Å². The topological polar surface area (TPSA) is 61.9 Å². The van der Waals surface area contributed by atoms with E-state index in [9.17, 15) is 9.59 Å². The third kappa shape index (κ3) is 4.24. The van der Waals surface area contributed by atoms with Crippen molar-refractivity contribution in [3.05, 3.63) is 76.6 Å². The first-order valence-corrected chi connectivity index (χ1v) is 11.2. The normalized spacial score (nSPS) is 13.8. The minimum Gasteiger partial charge on any atom is -0.491 e. The van der Waals surface area contributed by atoms with Crippen LogP contribution in [0.25, 0.3) is 5.57 Å². The molecule has 1 aromatic heterocycles. The Morgan fingerprint density at radius 2 is 1.62 bits per heavy atom. The van der Waals surface area contributed by atoms with E-state index in [4.69, 9.17) is 4.74 Å². The predicted octanol–water partition coefficient (Wildman–Crippen LogP) is 5.00. The quantitative estimate of drug-likeness (QED) is 0.517. The maximum atomic E-state index is 13.4. The van der Waals surface area contributed by atoms with E-state index in [1.54, 1.807) is 24.3 Å². The zero-order valence-corrected chi connectivity index (χ0v) is 19.3. The SMILES string of the molecule is CC(C)Oc1ccc(N2C(=O)C(Nc3ccc(N(C)C)cc3)=C(c3cccs3)C2=O)cc1. The number of carbonyl (C=O) groups excluding carboxylic acids is 2. The van der Waals surface area contributed by atoms with Crippen molar-refractivity contribution < 1.29 is 14.3 Å². The lowest BCUT2D eigenvalue weighted by molar-refractivity contribution is -0.120. The molecule has 0 spiro atoms. The van der Waals surface area contributed by atoms with Crippen molar-refractivity contribution >= 4 is 45.8 Å². The van der Waals surface area contributed by atoms with Crippen molar-refractivity contribution in [3.63, 3.8) is 0 Å². The Kier molecular flexibility index (Phi) is 6.01. The number of nitrogens with zero attached hydrogens (tertiary/aromatic N) is 2. The molecule has 0 aliphatic carbocycles. The summed E-state index contributed by atoms with van der Waals surface area (Å²) in [6, 6.07) is 18.4. The van der Waals surface area contributed by atoms with Gasteiger partial charge in [0.2, 0.25) is 0 Å². The number of anilines is 3. The summed E-state index contributed by atoms with van der Waals surface area (Å²) in [5, 5.41) is 5.09. The van der Waals surface area contributed by atoms with E-state index in [-0.39, 0.29) is 23.6 Å². The summed E-state index contributed by atoms with van der Waals surface area (Å²) in [4.78, 5) is 30.8. The average Bonchev–Trinajstić information content (AvgIpc) is 3.36. The highest BCUT2D eigenvalue weighted by molar-refractivity contribution is 7.11. The van der Waals surface area contributed by atoms with Crippen LogP contribution in [0, 0.1) is 0 Å². The van der Waals surface area contributed by atoms with Crippen molar-refractivity contribution in [1.29, 1.82) is 0 Å². The second kappa shape index (κ2) is 8.88. The van der Waals surface area contributed by atoms with E-state index in [1.165, 1.54) is 16.2 Å². The number of imide groups is 1. The minimum atomic E-state index is -0.382. The molecule has 0 atom stereocenters. The van der Waals surface area contributed by atoms with Gasteiger partial charge in [0, 0.05) is 30.3 Å². The first-order valence-electron chi connectivity index (χ1n) is 10.3.